The standard InChI is InChI=1S/C13H8FNO/c14-11-6-7-13(10(8-11)9-15)16-12-4-2-1-3-5-12/h1-8H. The highest BCUT2D eigenvalue weighted by atomic mass is 19.1. The summed E-state index contributed by atoms with van der Waals surface area (Å²) in [6.45, 7) is 0. The molecule has 0 radical (unpaired) electrons. The summed E-state index contributed by atoms with van der Waals surface area (Å²) in [6, 6.07) is 14.8. The van der Waals surface area contributed by atoms with Crippen LogP contribution < -0.4 is 4.74 Å². The Labute approximate surface area is 92.5 Å². The van der Waals surface area contributed by atoms with Gasteiger partial charge in [0.1, 0.15) is 23.4 Å². The molecule has 3 heteroatoms. The van der Waals surface area contributed by atoms with Gasteiger partial charge in [-0.2, -0.15) is 5.26 Å². The fraction of sp³-hybridized carbons (Fsp3) is 0. The van der Waals surface area contributed by atoms with E-state index >= 15 is 0 Å². The molecule has 0 unspecified atom stereocenters. The van der Waals surface area contributed by atoms with Crippen LogP contribution in [0.1, 0.15) is 5.56 Å². The van der Waals surface area contributed by atoms with E-state index in [0.717, 1.165) is 6.07 Å². The molecule has 0 saturated carbocycles. The lowest BCUT2D eigenvalue weighted by atomic mass is 10.2. The first-order valence-corrected chi connectivity index (χ1v) is 4.72. The second-order valence-electron chi connectivity index (χ2n) is 3.17. The number of nitriles is 1. The molecule has 0 aliphatic heterocycles. The van der Waals surface area contributed by atoms with Crippen LogP contribution in [0.5, 0.6) is 11.5 Å². The number of halogens is 1. The van der Waals surface area contributed by atoms with Crippen LogP contribution in [0.2, 0.25) is 0 Å². The molecule has 0 heterocycles. The lowest BCUT2D eigenvalue weighted by Crippen LogP contribution is -1.88. The number of benzene rings is 2. The summed E-state index contributed by atoms with van der Waals surface area (Å²) in [4.78, 5) is 0. The normalized spacial score (nSPS) is 9.50. The van der Waals surface area contributed by atoms with Crippen molar-refractivity contribution in [3.8, 4) is 17.6 Å². The van der Waals surface area contributed by atoms with Crippen LogP contribution in [-0.4, -0.2) is 0 Å². The summed E-state index contributed by atoms with van der Waals surface area (Å²) in [5.41, 5.74) is 0.184. The molecule has 2 aromatic carbocycles. The van der Waals surface area contributed by atoms with Gasteiger partial charge < -0.3 is 4.74 Å². The highest BCUT2D eigenvalue weighted by Gasteiger charge is 2.05. The molecule has 0 bridgehead atoms. The monoisotopic (exact) mass is 213 g/mol. The lowest BCUT2D eigenvalue weighted by molar-refractivity contribution is 0.479. The van der Waals surface area contributed by atoms with Gasteiger partial charge in [-0.15, -0.1) is 0 Å². The van der Waals surface area contributed by atoms with Crippen molar-refractivity contribution in [1.82, 2.24) is 0 Å². The van der Waals surface area contributed by atoms with Crippen molar-refractivity contribution < 1.29 is 9.13 Å². The topological polar surface area (TPSA) is 33.0 Å². The second kappa shape index (κ2) is 4.45. The SMILES string of the molecule is N#Cc1cc(F)ccc1Oc1ccccc1. The maximum Gasteiger partial charge on any atom is 0.145 e. The molecule has 16 heavy (non-hydrogen) atoms. The van der Waals surface area contributed by atoms with Crippen molar-refractivity contribution in [3.05, 3.63) is 59.9 Å². The Morgan fingerprint density at radius 1 is 1.06 bits per heavy atom. The molecule has 0 atom stereocenters. The van der Waals surface area contributed by atoms with Crippen LogP contribution in [0.4, 0.5) is 4.39 Å². The van der Waals surface area contributed by atoms with Gasteiger partial charge in [-0.25, -0.2) is 4.39 Å². The maximum absolute atomic E-state index is 12.9. The van der Waals surface area contributed by atoms with E-state index in [-0.39, 0.29) is 5.56 Å². The summed E-state index contributed by atoms with van der Waals surface area (Å²) in [7, 11) is 0. The zero-order valence-corrected chi connectivity index (χ0v) is 8.35. The van der Waals surface area contributed by atoms with E-state index in [1.165, 1.54) is 12.1 Å². The van der Waals surface area contributed by atoms with E-state index in [0.29, 0.717) is 11.5 Å². The molecule has 2 nitrogen and oxygen atoms in total. The van der Waals surface area contributed by atoms with Gasteiger partial charge in [0.2, 0.25) is 0 Å². The molecular formula is C13H8FNO. The van der Waals surface area contributed by atoms with Crippen molar-refractivity contribution >= 4 is 0 Å². The van der Waals surface area contributed by atoms with E-state index in [1.54, 1.807) is 12.1 Å². The smallest absolute Gasteiger partial charge is 0.145 e. The summed E-state index contributed by atoms with van der Waals surface area (Å²) >= 11 is 0. The zero-order chi connectivity index (χ0) is 11.4. The molecule has 2 rings (SSSR count). The van der Waals surface area contributed by atoms with Crippen LogP contribution >= 0.6 is 0 Å². The van der Waals surface area contributed by atoms with Crippen molar-refractivity contribution in [3.63, 3.8) is 0 Å². The fourth-order valence-electron chi connectivity index (χ4n) is 1.29. The average molecular weight is 213 g/mol. The molecule has 2 aromatic rings. The van der Waals surface area contributed by atoms with Crippen LogP contribution in [0.3, 0.4) is 0 Å². The molecular weight excluding hydrogens is 205 g/mol. The molecule has 0 spiro atoms. The van der Waals surface area contributed by atoms with Gasteiger partial charge in [0.15, 0.2) is 0 Å². The average Bonchev–Trinajstić information content (AvgIpc) is 2.33. The Kier molecular flexibility index (Phi) is 2.84. The second-order valence-corrected chi connectivity index (χ2v) is 3.17. The third-order valence-corrected chi connectivity index (χ3v) is 2.03. The Hall–Kier alpha value is -2.34. The predicted molar refractivity (Wildman–Crippen MR) is 57.6 cm³/mol. The number of nitrogens with zero attached hydrogens (tertiary/aromatic N) is 1. The Balaban J connectivity index is 2.32. The van der Waals surface area contributed by atoms with E-state index in [1.807, 2.05) is 24.3 Å². The van der Waals surface area contributed by atoms with E-state index < -0.39 is 5.82 Å². The van der Waals surface area contributed by atoms with Gasteiger partial charge >= 0.3 is 0 Å². The quantitative estimate of drug-likeness (QED) is 0.764. The third kappa shape index (κ3) is 2.18. The van der Waals surface area contributed by atoms with Gasteiger partial charge in [0, 0.05) is 0 Å². The molecule has 0 aromatic heterocycles. The van der Waals surface area contributed by atoms with Crippen molar-refractivity contribution in [1.29, 1.82) is 5.26 Å². The van der Waals surface area contributed by atoms with E-state index in [2.05, 4.69) is 0 Å². The Bertz CT molecular complexity index is 531. The molecule has 0 N–H and O–H groups in total. The minimum absolute atomic E-state index is 0.184. The minimum atomic E-state index is -0.447. The number of hydrogen-bond donors (Lipinski definition) is 0. The van der Waals surface area contributed by atoms with Gasteiger partial charge in [-0.05, 0) is 30.3 Å². The first kappa shape index (κ1) is 10.2. The van der Waals surface area contributed by atoms with E-state index in [9.17, 15) is 4.39 Å². The highest BCUT2D eigenvalue weighted by Crippen LogP contribution is 2.25. The number of ether oxygens (including phenoxy) is 1. The Morgan fingerprint density at radius 2 is 1.81 bits per heavy atom. The first-order valence-electron chi connectivity index (χ1n) is 4.72. The lowest BCUT2D eigenvalue weighted by Gasteiger charge is -2.06. The van der Waals surface area contributed by atoms with Crippen LogP contribution in [0.25, 0.3) is 0 Å². The van der Waals surface area contributed by atoms with Gasteiger partial charge in [0.25, 0.3) is 0 Å². The molecule has 78 valence electrons. The number of para-hydroxylation sites is 1. The maximum atomic E-state index is 12.9. The Morgan fingerprint density at radius 3 is 2.50 bits per heavy atom. The number of hydrogen-bond acceptors (Lipinski definition) is 2. The van der Waals surface area contributed by atoms with Gasteiger partial charge in [-0.1, -0.05) is 18.2 Å². The summed E-state index contributed by atoms with van der Waals surface area (Å²) in [6.07, 6.45) is 0. The fourth-order valence-corrected chi connectivity index (χ4v) is 1.29. The molecule has 0 aliphatic rings. The van der Waals surface area contributed by atoms with Crippen molar-refractivity contribution in [2.75, 3.05) is 0 Å². The molecule has 0 fully saturated rings. The van der Waals surface area contributed by atoms with Crippen molar-refractivity contribution in [2.24, 2.45) is 0 Å². The third-order valence-electron chi connectivity index (χ3n) is 2.03. The molecule has 0 aliphatic carbocycles. The molecule has 0 amide bonds. The largest absolute Gasteiger partial charge is 0.456 e. The molecule has 0 saturated heterocycles. The first-order chi connectivity index (χ1) is 7.79. The highest BCUT2D eigenvalue weighted by molar-refractivity contribution is 5.45. The zero-order valence-electron chi connectivity index (χ0n) is 8.35. The minimum Gasteiger partial charge on any atom is -0.456 e. The van der Waals surface area contributed by atoms with Gasteiger partial charge in [-0.3, -0.25) is 0 Å². The van der Waals surface area contributed by atoms with Gasteiger partial charge in [0.05, 0.1) is 5.56 Å². The van der Waals surface area contributed by atoms with Crippen LogP contribution in [0.15, 0.2) is 48.5 Å². The number of rotatable bonds is 2. The summed E-state index contributed by atoms with van der Waals surface area (Å²) in [5.74, 6) is 0.526. The van der Waals surface area contributed by atoms with Crippen LogP contribution in [-0.2, 0) is 0 Å². The summed E-state index contributed by atoms with van der Waals surface area (Å²) < 4.78 is 18.3. The van der Waals surface area contributed by atoms with Crippen LogP contribution in [0, 0.1) is 17.1 Å². The van der Waals surface area contributed by atoms with Crippen molar-refractivity contribution in [2.45, 2.75) is 0 Å². The van der Waals surface area contributed by atoms with E-state index in [4.69, 9.17) is 10.00 Å². The predicted octanol–water partition coefficient (Wildman–Crippen LogP) is 3.49. The summed E-state index contributed by atoms with van der Waals surface area (Å²) in [5, 5.41) is 8.82.